The number of rotatable bonds is 22. The van der Waals surface area contributed by atoms with E-state index in [0.717, 1.165) is 11.1 Å². The lowest BCUT2D eigenvalue weighted by Crippen LogP contribution is -2.60. The third kappa shape index (κ3) is 16.6. The van der Waals surface area contributed by atoms with Gasteiger partial charge in [-0.2, -0.15) is 0 Å². The number of amides is 8. The molecule has 2 saturated heterocycles. The van der Waals surface area contributed by atoms with Crippen molar-refractivity contribution in [2.75, 3.05) is 53.4 Å². The van der Waals surface area contributed by atoms with Gasteiger partial charge in [-0.05, 0) is 102 Å². The maximum absolute atomic E-state index is 14.4. The maximum Gasteiger partial charge on any atom is 0.309 e. The van der Waals surface area contributed by atoms with Crippen LogP contribution in [0.5, 0.6) is 0 Å². The molecule has 2 aliphatic heterocycles. The van der Waals surface area contributed by atoms with Crippen LogP contribution in [0.15, 0.2) is 60.7 Å². The van der Waals surface area contributed by atoms with E-state index in [0.29, 0.717) is 51.6 Å². The van der Waals surface area contributed by atoms with Gasteiger partial charge in [-0.1, -0.05) is 102 Å². The van der Waals surface area contributed by atoms with Crippen LogP contribution in [0.2, 0.25) is 0 Å². The number of carbonyl (C=O) groups is 8. The summed E-state index contributed by atoms with van der Waals surface area (Å²) in [7, 11) is 3.35. The van der Waals surface area contributed by atoms with Gasteiger partial charge in [0.25, 0.3) is 0 Å². The lowest BCUT2D eigenvalue weighted by atomic mass is 9.85. The van der Waals surface area contributed by atoms with Gasteiger partial charge in [0, 0.05) is 51.4 Å². The van der Waals surface area contributed by atoms with Gasteiger partial charge in [0.1, 0.15) is 24.2 Å². The van der Waals surface area contributed by atoms with Crippen molar-refractivity contribution in [3.63, 3.8) is 0 Å². The van der Waals surface area contributed by atoms with Crippen LogP contribution in [0.3, 0.4) is 0 Å². The second kappa shape index (κ2) is 26.7. The third-order valence-corrected chi connectivity index (χ3v) is 13.9. The van der Waals surface area contributed by atoms with Gasteiger partial charge in [-0.3, -0.25) is 38.4 Å². The second-order valence-electron chi connectivity index (χ2n) is 21.7. The van der Waals surface area contributed by atoms with E-state index in [1.807, 2.05) is 102 Å². The summed E-state index contributed by atoms with van der Waals surface area (Å²) in [5, 5.41) is 16.8. The molecular formula is C54H84N10O8. The minimum atomic E-state index is -1.16. The lowest BCUT2D eigenvalue weighted by Gasteiger charge is -2.38. The van der Waals surface area contributed by atoms with Crippen molar-refractivity contribution >= 4 is 47.3 Å². The fourth-order valence-electron chi connectivity index (χ4n) is 9.16. The number of hydrogen-bond acceptors (Lipinski definition) is 10. The standard InChI is InChI=1S/C54H84N10O8/c1-35(55-11)45(65)59-43(53(5,6)7)51(71)63-29-19-25-41(63)33-61(31-27-39-21-15-13-16-22-39)49(69)37(3)57-47(67)48(68)58-38(4)50(70)62(32-28-40-23-17-14-18-24-40)34-42-26-20-30-64(42)52(72)44(54(8,9)10)60-46(66)36(2)56-12/h13-18,21-24,35-38,41-44,55-56H,19-20,25-34H2,1-12H3,(H,57,67)(H,58,68)(H,59,65)(H,60,66)/t35-,36-,37+,38+,41-,42-,43+,44+/m0/s1. The Morgan fingerprint density at radius 2 is 0.861 bits per heavy atom. The third-order valence-electron chi connectivity index (χ3n) is 13.9. The summed E-state index contributed by atoms with van der Waals surface area (Å²) in [6.45, 7) is 19.6. The lowest BCUT2D eigenvalue weighted by molar-refractivity contribution is -0.145. The number of nitrogens with one attached hydrogen (secondary N) is 6. The Balaban J connectivity index is 1.49. The fourth-order valence-corrected chi connectivity index (χ4v) is 9.16. The highest BCUT2D eigenvalue weighted by molar-refractivity contribution is 6.35. The molecule has 0 saturated carbocycles. The number of likely N-dealkylation sites (N-methyl/N-ethyl adjacent to an activating group) is 2. The van der Waals surface area contributed by atoms with E-state index < -0.39 is 70.7 Å². The zero-order valence-corrected chi connectivity index (χ0v) is 44.9. The predicted molar refractivity (Wildman–Crippen MR) is 278 cm³/mol. The van der Waals surface area contributed by atoms with Crippen LogP contribution in [0.4, 0.5) is 0 Å². The Morgan fingerprint density at radius 3 is 1.17 bits per heavy atom. The van der Waals surface area contributed by atoms with Crippen LogP contribution in [0.1, 0.15) is 106 Å². The van der Waals surface area contributed by atoms with Crippen molar-refractivity contribution in [1.29, 1.82) is 0 Å². The van der Waals surface area contributed by atoms with Crippen molar-refractivity contribution in [2.24, 2.45) is 10.8 Å². The molecule has 0 unspecified atom stereocenters. The van der Waals surface area contributed by atoms with E-state index in [2.05, 4.69) is 31.9 Å². The van der Waals surface area contributed by atoms with Crippen LogP contribution >= 0.6 is 0 Å². The van der Waals surface area contributed by atoms with Gasteiger partial charge in [-0.15, -0.1) is 0 Å². The molecule has 0 spiro atoms. The molecule has 18 nitrogen and oxygen atoms in total. The topological polar surface area (TPSA) is 222 Å². The molecule has 6 N–H and O–H groups in total. The molecule has 4 rings (SSSR count). The molecule has 2 aliphatic rings. The van der Waals surface area contributed by atoms with Gasteiger partial charge in [0.2, 0.25) is 35.4 Å². The van der Waals surface area contributed by atoms with Crippen molar-refractivity contribution in [2.45, 2.75) is 156 Å². The highest BCUT2D eigenvalue weighted by Crippen LogP contribution is 2.28. The van der Waals surface area contributed by atoms with Crippen molar-refractivity contribution < 1.29 is 38.4 Å². The van der Waals surface area contributed by atoms with Gasteiger partial charge >= 0.3 is 11.8 Å². The number of likely N-dealkylation sites (tertiary alicyclic amines) is 2. The molecular weight excluding hydrogens is 917 g/mol. The summed E-state index contributed by atoms with van der Waals surface area (Å²) in [6.07, 6.45) is 3.63. The summed E-state index contributed by atoms with van der Waals surface area (Å²) < 4.78 is 0. The molecule has 0 bridgehead atoms. The van der Waals surface area contributed by atoms with Gasteiger partial charge in [0.15, 0.2) is 0 Å². The number of hydrogen-bond donors (Lipinski definition) is 6. The Morgan fingerprint density at radius 1 is 0.528 bits per heavy atom. The molecule has 18 heteroatoms. The SMILES string of the molecule is CN[C@@H](C)C(=O)N[C@H](C(=O)N1CCC[C@H]1CN(CCc1ccccc1)C(=O)[C@@H](C)NC(=O)C(=O)N[C@H](C)C(=O)N(CCc1ccccc1)C[C@@H]1CCCN1C(=O)[C@@H](NC(=O)[C@H](C)NC)C(C)(C)C)C(C)(C)C. The van der Waals surface area contributed by atoms with Gasteiger partial charge < -0.3 is 51.5 Å². The molecule has 8 atom stereocenters. The quantitative estimate of drug-likeness (QED) is 0.0947. The smallest absolute Gasteiger partial charge is 0.309 e. The molecule has 0 aromatic heterocycles. The van der Waals surface area contributed by atoms with Crippen molar-refractivity contribution in [1.82, 2.24) is 51.5 Å². The minimum absolute atomic E-state index is 0.164. The molecule has 2 aromatic carbocycles. The summed E-state index contributed by atoms with van der Waals surface area (Å²) in [5.74, 6) is -4.16. The monoisotopic (exact) mass is 1000 g/mol. The Bertz CT molecular complexity index is 2010. The molecule has 2 aromatic rings. The largest absolute Gasteiger partial charge is 0.342 e. The van der Waals surface area contributed by atoms with E-state index in [-0.39, 0.29) is 61.9 Å². The van der Waals surface area contributed by atoms with E-state index in [1.54, 1.807) is 47.5 Å². The van der Waals surface area contributed by atoms with Crippen LogP contribution in [0.25, 0.3) is 0 Å². The van der Waals surface area contributed by atoms with Crippen molar-refractivity contribution in [3.05, 3.63) is 71.8 Å². The van der Waals surface area contributed by atoms with Crippen LogP contribution in [-0.4, -0.2) is 169 Å². The first kappa shape index (κ1) is 58.7. The highest BCUT2D eigenvalue weighted by Gasteiger charge is 2.43. The number of nitrogens with zero attached hydrogens (tertiary/aromatic N) is 4. The second-order valence-corrected chi connectivity index (χ2v) is 21.7. The number of benzene rings is 2. The fraction of sp³-hybridized carbons (Fsp3) is 0.630. The summed E-state index contributed by atoms with van der Waals surface area (Å²) in [4.78, 5) is 117. The Kier molecular flexibility index (Phi) is 21.8. The van der Waals surface area contributed by atoms with E-state index in [1.165, 1.54) is 13.8 Å². The van der Waals surface area contributed by atoms with E-state index >= 15 is 0 Å². The van der Waals surface area contributed by atoms with Crippen LogP contribution in [0, 0.1) is 10.8 Å². The highest BCUT2D eigenvalue weighted by atomic mass is 16.2. The van der Waals surface area contributed by atoms with Gasteiger partial charge in [-0.25, -0.2) is 0 Å². The first-order valence-electron chi connectivity index (χ1n) is 25.7. The number of carbonyl (C=O) groups excluding carboxylic acids is 8. The van der Waals surface area contributed by atoms with Crippen molar-refractivity contribution in [3.8, 4) is 0 Å². The molecule has 8 amide bonds. The van der Waals surface area contributed by atoms with Crippen LogP contribution in [-0.2, 0) is 51.2 Å². The Hall–Kier alpha value is -5.88. The predicted octanol–water partition coefficient (Wildman–Crippen LogP) is 2.40. The maximum atomic E-state index is 14.4. The molecule has 0 radical (unpaired) electrons. The van der Waals surface area contributed by atoms with E-state index in [4.69, 9.17) is 0 Å². The van der Waals surface area contributed by atoms with Crippen LogP contribution < -0.4 is 31.9 Å². The van der Waals surface area contributed by atoms with Gasteiger partial charge in [0.05, 0.1) is 12.1 Å². The minimum Gasteiger partial charge on any atom is -0.342 e. The molecule has 0 aliphatic carbocycles. The summed E-state index contributed by atoms with van der Waals surface area (Å²) >= 11 is 0. The zero-order chi connectivity index (χ0) is 53.5. The average Bonchev–Trinajstić information content (AvgIpc) is 4.03. The summed E-state index contributed by atoms with van der Waals surface area (Å²) in [6, 6.07) is 13.6. The molecule has 398 valence electrons. The Labute approximate surface area is 427 Å². The molecule has 72 heavy (non-hydrogen) atoms. The molecule has 2 heterocycles. The summed E-state index contributed by atoms with van der Waals surface area (Å²) in [5.41, 5.74) is 0.748. The zero-order valence-electron chi connectivity index (χ0n) is 44.9. The normalized spacial score (nSPS) is 18.4. The first-order valence-corrected chi connectivity index (χ1v) is 25.7. The molecule has 2 fully saturated rings. The first-order chi connectivity index (χ1) is 33.9. The van der Waals surface area contributed by atoms with E-state index in [9.17, 15) is 38.4 Å². The average molecular weight is 1000 g/mol.